The van der Waals surface area contributed by atoms with Crippen LogP contribution in [0.25, 0.3) is 22.7 Å². The quantitative estimate of drug-likeness (QED) is 0.627. The standard InChI is InChI=1S/C16H11N5O2/c22-16(23)13-2-1-3-14-18-15(19-21(13)14)11-4-6-12(7-5-11)20-9-8-17-10-20/h1-10H,(H,22,23). The SMILES string of the molecule is O=C(O)c1cccc2nc(-c3ccc(-n4ccnc4)cc3)nn12. The van der Waals surface area contributed by atoms with Crippen LogP contribution in [-0.2, 0) is 0 Å². The maximum atomic E-state index is 11.2. The largest absolute Gasteiger partial charge is 0.477 e. The van der Waals surface area contributed by atoms with Gasteiger partial charge in [-0.15, -0.1) is 5.10 Å². The Morgan fingerprint density at radius 2 is 1.91 bits per heavy atom. The Morgan fingerprint density at radius 1 is 1.09 bits per heavy atom. The lowest BCUT2D eigenvalue weighted by atomic mass is 10.2. The van der Waals surface area contributed by atoms with Gasteiger partial charge in [0.2, 0.25) is 0 Å². The summed E-state index contributed by atoms with van der Waals surface area (Å²) in [7, 11) is 0. The summed E-state index contributed by atoms with van der Waals surface area (Å²) in [6.45, 7) is 0. The van der Waals surface area contributed by atoms with Crippen molar-refractivity contribution in [3.05, 3.63) is 66.9 Å². The molecule has 0 aliphatic rings. The van der Waals surface area contributed by atoms with Crippen molar-refractivity contribution in [2.45, 2.75) is 0 Å². The van der Waals surface area contributed by atoms with E-state index in [2.05, 4.69) is 15.1 Å². The lowest BCUT2D eigenvalue weighted by Gasteiger charge is -2.02. The average molecular weight is 305 g/mol. The number of fused-ring (bicyclic) bond motifs is 1. The third-order valence-electron chi connectivity index (χ3n) is 3.51. The first-order chi connectivity index (χ1) is 11.2. The van der Waals surface area contributed by atoms with E-state index >= 15 is 0 Å². The number of hydrogen-bond donors (Lipinski definition) is 1. The molecule has 112 valence electrons. The fraction of sp³-hybridized carbons (Fsp3) is 0. The summed E-state index contributed by atoms with van der Waals surface area (Å²) in [4.78, 5) is 19.6. The van der Waals surface area contributed by atoms with Gasteiger partial charge in [-0.25, -0.2) is 19.3 Å². The first-order valence-corrected chi connectivity index (χ1v) is 6.90. The molecule has 1 N–H and O–H groups in total. The predicted octanol–water partition coefficient (Wildman–Crippen LogP) is 2.28. The number of aromatic carboxylic acids is 1. The predicted molar refractivity (Wildman–Crippen MR) is 82.5 cm³/mol. The summed E-state index contributed by atoms with van der Waals surface area (Å²) in [5.74, 6) is -0.557. The Hall–Kier alpha value is -3.48. The van der Waals surface area contributed by atoms with Crippen molar-refractivity contribution in [2.24, 2.45) is 0 Å². The van der Waals surface area contributed by atoms with Crippen LogP contribution in [0.4, 0.5) is 0 Å². The number of rotatable bonds is 3. The molecule has 0 fully saturated rings. The second-order valence-corrected chi connectivity index (χ2v) is 4.94. The zero-order valence-corrected chi connectivity index (χ0v) is 11.9. The van der Waals surface area contributed by atoms with E-state index in [-0.39, 0.29) is 5.69 Å². The summed E-state index contributed by atoms with van der Waals surface area (Å²) in [5, 5.41) is 13.5. The van der Waals surface area contributed by atoms with E-state index in [0.717, 1.165) is 11.3 Å². The first kappa shape index (κ1) is 13.2. The number of benzene rings is 1. The highest BCUT2D eigenvalue weighted by molar-refractivity contribution is 5.86. The van der Waals surface area contributed by atoms with Gasteiger partial charge in [-0.2, -0.15) is 0 Å². The topological polar surface area (TPSA) is 85.3 Å². The van der Waals surface area contributed by atoms with Gasteiger partial charge >= 0.3 is 5.97 Å². The van der Waals surface area contributed by atoms with Gasteiger partial charge in [-0.05, 0) is 36.4 Å². The average Bonchev–Trinajstić information content (AvgIpc) is 3.24. The van der Waals surface area contributed by atoms with Gasteiger partial charge in [-0.1, -0.05) is 6.07 Å². The van der Waals surface area contributed by atoms with Gasteiger partial charge in [0.15, 0.2) is 17.2 Å². The van der Waals surface area contributed by atoms with Crippen molar-refractivity contribution < 1.29 is 9.90 Å². The number of aromatic nitrogens is 5. The summed E-state index contributed by atoms with van der Waals surface area (Å²) in [6.07, 6.45) is 5.29. The molecule has 4 aromatic rings. The highest BCUT2D eigenvalue weighted by atomic mass is 16.4. The Balaban J connectivity index is 1.77. The normalized spacial score (nSPS) is 11.0. The molecule has 0 atom stereocenters. The molecule has 0 radical (unpaired) electrons. The summed E-state index contributed by atoms with van der Waals surface area (Å²) in [5.41, 5.74) is 2.37. The number of hydrogen-bond acceptors (Lipinski definition) is 4. The van der Waals surface area contributed by atoms with E-state index in [1.54, 1.807) is 24.7 Å². The molecule has 3 aromatic heterocycles. The minimum atomic E-state index is -1.04. The van der Waals surface area contributed by atoms with Crippen molar-refractivity contribution >= 4 is 11.6 Å². The van der Waals surface area contributed by atoms with Gasteiger partial charge in [0.25, 0.3) is 0 Å². The zero-order valence-electron chi connectivity index (χ0n) is 11.9. The van der Waals surface area contributed by atoms with Crippen LogP contribution in [0.2, 0.25) is 0 Å². The fourth-order valence-corrected chi connectivity index (χ4v) is 2.38. The van der Waals surface area contributed by atoms with Crippen LogP contribution >= 0.6 is 0 Å². The maximum Gasteiger partial charge on any atom is 0.354 e. The third kappa shape index (κ3) is 2.24. The Bertz CT molecular complexity index is 987. The molecule has 7 nitrogen and oxygen atoms in total. The fourth-order valence-electron chi connectivity index (χ4n) is 2.38. The summed E-state index contributed by atoms with van der Waals surface area (Å²) >= 11 is 0. The molecular weight excluding hydrogens is 294 g/mol. The molecule has 4 rings (SSSR count). The third-order valence-corrected chi connectivity index (χ3v) is 3.51. The smallest absolute Gasteiger partial charge is 0.354 e. The Labute approximate surface area is 130 Å². The molecule has 0 bridgehead atoms. The van der Waals surface area contributed by atoms with Crippen LogP contribution in [0.3, 0.4) is 0 Å². The molecule has 0 unspecified atom stereocenters. The molecule has 0 aliphatic carbocycles. The number of nitrogens with zero attached hydrogens (tertiary/aromatic N) is 5. The monoisotopic (exact) mass is 305 g/mol. The minimum Gasteiger partial charge on any atom is -0.477 e. The molecule has 0 spiro atoms. The molecule has 0 saturated heterocycles. The van der Waals surface area contributed by atoms with Crippen LogP contribution in [0, 0.1) is 0 Å². The second kappa shape index (κ2) is 5.06. The first-order valence-electron chi connectivity index (χ1n) is 6.90. The van der Waals surface area contributed by atoms with E-state index < -0.39 is 5.97 Å². The van der Waals surface area contributed by atoms with Gasteiger partial charge < -0.3 is 9.67 Å². The second-order valence-electron chi connectivity index (χ2n) is 4.94. The van der Waals surface area contributed by atoms with E-state index in [1.807, 2.05) is 35.0 Å². The minimum absolute atomic E-state index is 0.0799. The van der Waals surface area contributed by atoms with E-state index in [9.17, 15) is 9.90 Å². The molecule has 0 saturated carbocycles. The summed E-state index contributed by atoms with van der Waals surface area (Å²) in [6, 6.07) is 12.5. The molecule has 0 aliphatic heterocycles. The molecule has 1 aromatic carbocycles. The highest BCUT2D eigenvalue weighted by Crippen LogP contribution is 2.19. The summed E-state index contributed by atoms with van der Waals surface area (Å²) < 4.78 is 3.23. The van der Waals surface area contributed by atoms with Gasteiger partial charge in [0, 0.05) is 23.6 Å². The lowest BCUT2D eigenvalue weighted by molar-refractivity contribution is 0.0687. The van der Waals surface area contributed by atoms with Gasteiger partial charge in [0.1, 0.15) is 0 Å². The van der Waals surface area contributed by atoms with Gasteiger partial charge in [-0.3, -0.25) is 0 Å². The van der Waals surface area contributed by atoms with Crippen LogP contribution in [0.15, 0.2) is 61.2 Å². The maximum absolute atomic E-state index is 11.2. The van der Waals surface area contributed by atoms with Crippen molar-refractivity contribution in [1.82, 2.24) is 24.1 Å². The van der Waals surface area contributed by atoms with E-state index in [4.69, 9.17) is 0 Å². The molecule has 7 heteroatoms. The highest BCUT2D eigenvalue weighted by Gasteiger charge is 2.13. The van der Waals surface area contributed by atoms with Crippen molar-refractivity contribution in [2.75, 3.05) is 0 Å². The number of imidazole rings is 1. The van der Waals surface area contributed by atoms with E-state index in [1.165, 1.54) is 10.6 Å². The Morgan fingerprint density at radius 3 is 2.61 bits per heavy atom. The molecular formula is C16H11N5O2. The van der Waals surface area contributed by atoms with Crippen LogP contribution in [-0.4, -0.2) is 35.2 Å². The zero-order chi connectivity index (χ0) is 15.8. The number of carboxylic acid groups (broad SMARTS) is 1. The van der Waals surface area contributed by atoms with Crippen molar-refractivity contribution in [1.29, 1.82) is 0 Å². The Kier molecular flexibility index (Phi) is 2.90. The lowest BCUT2D eigenvalue weighted by Crippen LogP contribution is -2.05. The number of carboxylic acids is 1. The number of pyridine rings is 1. The van der Waals surface area contributed by atoms with Crippen LogP contribution in [0.1, 0.15) is 10.5 Å². The van der Waals surface area contributed by atoms with Gasteiger partial charge in [0.05, 0.1) is 6.33 Å². The van der Waals surface area contributed by atoms with Crippen LogP contribution < -0.4 is 0 Å². The van der Waals surface area contributed by atoms with Crippen molar-refractivity contribution in [3.8, 4) is 17.1 Å². The molecule has 23 heavy (non-hydrogen) atoms. The molecule has 3 heterocycles. The van der Waals surface area contributed by atoms with Crippen molar-refractivity contribution in [3.63, 3.8) is 0 Å². The molecule has 0 amide bonds. The van der Waals surface area contributed by atoms with E-state index in [0.29, 0.717) is 11.5 Å². The van der Waals surface area contributed by atoms with Crippen LogP contribution in [0.5, 0.6) is 0 Å². The number of carbonyl (C=O) groups is 1.